The van der Waals surface area contributed by atoms with Gasteiger partial charge in [0.2, 0.25) is 0 Å². The predicted octanol–water partition coefficient (Wildman–Crippen LogP) is 4.05. The molecule has 1 aromatic rings. The number of hydrogen-bond donors (Lipinski definition) is 0. The fourth-order valence-electron chi connectivity index (χ4n) is 1.36. The van der Waals surface area contributed by atoms with Gasteiger partial charge in [0.25, 0.3) is 5.69 Å². The van der Waals surface area contributed by atoms with Crippen molar-refractivity contribution in [3.63, 3.8) is 0 Å². The summed E-state index contributed by atoms with van der Waals surface area (Å²) < 4.78 is 0. The normalized spacial score (nSPS) is 9.47. The summed E-state index contributed by atoms with van der Waals surface area (Å²) in [4.78, 5) is 10.1. The molecule has 0 heterocycles. The van der Waals surface area contributed by atoms with Crippen LogP contribution in [0, 0.1) is 17.0 Å². The van der Waals surface area contributed by atoms with Gasteiger partial charge in [0.15, 0.2) is 0 Å². The summed E-state index contributed by atoms with van der Waals surface area (Å²) >= 11 is 0. The molecule has 0 aliphatic rings. The fourth-order valence-corrected chi connectivity index (χ4v) is 1.36. The highest BCUT2D eigenvalue weighted by Gasteiger charge is 2.10. The highest BCUT2D eigenvalue weighted by molar-refractivity contribution is 5.40. The molecule has 3 heteroatoms. The number of rotatable bonds is 2. The number of nitro groups is 1. The summed E-state index contributed by atoms with van der Waals surface area (Å²) in [5, 5.41) is 10.5. The lowest BCUT2D eigenvalue weighted by Gasteiger charge is -2.08. The molecule has 84 valence electrons. The molecule has 1 aromatic carbocycles. The van der Waals surface area contributed by atoms with E-state index < -0.39 is 0 Å². The first-order valence-electron chi connectivity index (χ1n) is 5.27. The number of nitrogens with zero attached hydrogens (tertiary/aromatic N) is 1. The van der Waals surface area contributed by atoms with Crippen molar-refractivity contribution < 1.29 is 4.92 Å². The van der Waals surface area contributed by atoms with Gasteiger partial charge in [-0.3, -0.25) is 10.1 Å². The zero-order chi connectivity index (χ0) is 12.0. The van der Waals surface area contributed by atoms with Crippen molar-refractivity contribution in [2.24, 2.45) is 0 Å². The van der Waals surface area contributed by atoms with Crippen LogP contribution in [0.4, 0.5) is 5.69 Å². The van der Waals surface area contributed by atoms with E-state index >= 15 is 0 Å². The molecular weight excluding hydrogens is 190 g/mol. The minimum Gasteiger partial charge on any atom is -0.258 e. The number of non-ortho nitro benzene ring substituents is 1. The van der Waals surface area contributed by atoms with Gasteiger partial charge in [0.1, 0.15) is 0 Å². The maximum atomic E-state index is 10.5. The van der Waals surface area contributed by atoms with Gasteiger partial charge in [-0.05, 0) is 24.0 Å². The third-order valence-corrected chi connectivity index (χ3v) is 2.10. The first kappa shape index (κ1) is 13.6. The Labute approximate surface area is 91.3 Å². The molecule has 0 N–H and O–H groups in total. The number of aryl methyl sites for hydroxylation is 1. The molecule has 0 unspecified atom stereocenters. The van der Waals surface area contributed by atoms with Crippen LogP contribution in [0.25, 0.3) is 0 Å². The van der Waals surface area contributed by atoms with E-state index in [0.717, 1.165) is 11.1 Å². The Bertz CT molecular complexity index is 332. The monoisotopic (exact) mass is 209 g/mol. The third-order valence-electron chi connectivity index (χ3n) is 2.10. The summed E-state index contributed by atoms with van der Waals surface area (Å²) in [6.45, 7) is 10.0. The second kappa shape index (κ2) is 6.17. The Morgan fingerprint density at radius 1 is 1.27 bits per heavy atom. The molecule has 0 bridgehead atoms. The molecule has 0 saturated heterocycles. The Morgan fingerprint density at radius 2 is 1.80 bits per heavy atom. The fraction of sp³-hybridized carbons (Fsp3) is 0.500. The first-order valence-corrected chi connectivity index (χ1v) is 5.27. The largest absolute Gasteiger partial charge is 0.269 e. The van der Waals surface area contributed by atoms with Crippen LogP contribution in [0.1, 0.15) is 44.7 Å². The van der Waals surface area contributed by atoms with Crippen LogP contribution in [0.3, 0.4) is 0 Å². The summed E-state index contributed by atoms with van der Waals surface area (Å²) in [7, 11) is 0. The highest BCUT2D eigenvalue weighted by Crippen LogP contribution is 2.23. The van der Waals surface area contributed by atoms with Crippen molar-refractivity contribution in [3.8, 4) is 0 Å². The van der Waals surface area contributed by atoms with E-state index in [1.165, 1.54) is 0 Å². The molecule has 15 heavy (non-hydrogen) atoms. The van der Waals surface area contributed by atoms with Gasteiger partial charge >= 0.3 is 0 Å². The molecule has 0 atom stereocenters. The standard InChI is InChI=1S/C10H13NO2.C2H6/c1-7(2)10-6-9(11(12)13)5-4-8(10)3;1-2/h4-7H,1-3H3;1-2H3. The van der Waals surface area contributed by atoms with E-state index in [4.69, 9.17) is 0 Å². The summed E-state index contributed by atoms with van der Waals surface area (Å²) in [6, 6.07) is 4.99. The maximum Gasteiger partial charge on any atom is 0.269 e. The molecule has 1 rings (SSSR count). The molecule has 0 saturated carbocycles. The topological polar surface area (TPSA) is 43.1 Å². The summed E-state index contributed by atoms with van der Waals surface area (Å²) in [6.07, 6.45) is 0. The van der Waals surface area contributed by atoms with Gasteiger partial charge < -0.3 is 0 Å². The summed E-state index contributed by atoms with van der Waals surface area (Å²) in [5.41, 5.74) is 2.34. The van der Waals surface area contributed by atoms with Crippen LogP contribution < -0.4 is 0 Å². The molecule has 0 aliphatic carbocycles. The maximum absolute atomic E-state index is 10.5. The predicted molar refractivity (Wildman–Crippen MR) is 63.3 cm³/mol. The Hall–Kier alpha value is -1.38. The summed E-state index contributed by atoms with van der Waals surface area (Å²) in [5.74, 6) is 0.333. The number of benzene rings is 1. The van der Waals surface area contributed by atoms with E-state index in [9.17, 15) is 10.1 Å². The molecule has 0 spiro atoms. The van der Waals surface area contributed by atoms with Crippen LogP contribution in [-0.4, -0.2) is 4.92 Å². The van der Waals surface area contributed by atoms with Gasteiger partial charge in [-0.15, -0.1) is 0 Å². The molecule has 0 fully saturated rings. The van der Waals surface area contributed by atoms with E-state index in [2.05, 4.69) is 0 Å². The van der Waals surface area contributed by atoms with E-state index in [1.807, 2.05) is 34.6 Å². The lowest BCUT2D eigenvalue weighted by Crippen LogP contribution is -1.95. The van der Waals surface area contributed by atoms with E-state index in [1.54, 1.807) is 18.2 Å². The average Bonchev–Trinajstić information content (AvgIpc) is 2.20. The lowest BCUT2D eigenvalue weighted by molar-refractivity contribution is -0.384. The van der Waals surface area contributed by atoms with Crippen LogP contribution in [0.2, 0.25) is 0 Å². The molecule has 3 nitrogen and oxygen atoms in total. The zero-order valence-corrected chi connectivity index (χ0v) is 10.1. The SMILES string of the molecule is CC.Cc1ccc([N+](=O)[O-])cc1C(C)C. The second-order valence-electron chi connectivity index (χ2n) is 3.45. The molecule has 0 amide bonds. The average molecular weight is 209 g/mol. The highest BCUT2D eigenvalue weighted by atomic mass is 16.6. The Kier molecular flexibility index (Phi) is 5.60. The Morgan fingerprint density at radius 3 is 2.20 bits per heavy atom. The van der Waals surface area contributed by atoms with Crippen LogP contribution >= 0.6 is 0 Å². The van der Waals surface area contributed by atoms with Crippen LogP contribution in [0.15, 0.2) is 18.2 Å². The number of nitro benzene ring substituents is 1. The minimum absolute atomic E-state index is 0.175. The third kappa shape index (κ3) is 3.70. The van der Waals surface area contributed by atoms with Gasteiger partial charge in [-0.1, -0.05) is 33.8 Å². The van der Waals surface area contributed by atoms with Crippen LogP contribution in [-0.2, 0) is 0 Å². The molecule has 0 aliphatic heterocycles. The van der Waals surface area contributed by atoms with E-state index in [-0.39, 0.29) is 10.6 Å². The van der Waals surface area contributed by atoms with Gasteiger partial charge in [0, 0.05) is 12.1 Å². The van der Waals surface area contributed by atoms with Gasteiger partial charge in [-0.2, -0.15) is 0 Å². The van der Waals surface area contributed by atoms with E-state index in [0.29, 0.717) is 5.92 Å². The lowest BCUT2D eigenvalue weighted by atomic mass is 9.98. The molecular formula is C12H19NO2. The van der Waals surface area contributed by atoms with Crippen molar-refractivity contribution in [2.45, 2.75) is 40.5 Å². The van der Waals surface area contributed by atoms with Gasteiger partial charge in [0.05, 0.1) is 4.92 Å². The molecule has 0 aromatic heterocycles. The Balaban J connectivity index is 0.000000921. The smallest absolute Gasteiger partial charge is 0.258 e. The van der Waals surface area contributed by atoms with Crippen LogP contribution in [0.5, 0.6) is 0 Å². The van der Waals surface area contributed by atoms with Crippen molar-refractivity contribution in [3.05, 3.63) is 39.4 Å². The van der Waals surface area contributed by atoms with Crippen molar-refractivity contribution in [1.82, 2.24) is 0 Å². The zero-order valence-electron chi connectivity index (χ0n) is 10.1. The van der Waals surface area contributed by atoms with Crippen molar-refractivity contribution >= 4 is 5.69 Å². The number of hydrogen-bond acceptors (Lipinski definition) is 2. The minimum atomic E-state index is -0.356. The second-order valence-corrected chi connectivity index (χ2v) is 3.45. The van der Waals surface area contributed by atoms with Crippen molar-refractivity contribution in [1.29, 1.82) is 0 Å². The van der Waals surface area contributed by atoms with Gasteiger partial charge in [-0.25, -0.2) is 0 Å². The van der Waals surface area contributed by atoms with Crippen molar-refractivity contribution in [2.75, 3.05) is 0 Å². The molecule has 0 radical (unpaired) electrons. The quantitative estimate of drug-likeness (QED) is 0.544. The first-order chi connectivity index (χ1) is 7.02.